The number of rotatable bonds is 6. The maximum Gasteiger partial charge on any atom is 0.303 e. The highest BCUT2D eigenvalue weighted by Crippen LogP contribution is 2.28. The number of carbonyl (C=O) groups excluding carboxylic acids is 1. The van der Waals surface area contributed by atoms with Crippen LogP contribution in [0.2, 0.25) is 0 Å². The van der Waals surface area contributed by atoms with Crippen molar-refractivity contribution in [1.82, 2.24) is 5.32 Å². The van der Waals surface area contributed by atoms with Crippen molar-refractivity contribution in [2.45, 2.75) is 52.4 Å². The van der Waals surface area contributed by atoms with Crippen molar-refractivity contribution < 1.29 is 14.7 Å². The lowest BCUT2D eigenvalue weighted by molar-refractivity contribution is -0.138. The van der Waals surface area contributed by atoms with Crippen LogP contribution in [-0.4, -0.2) is 23.5 Å². The van der Waals surface area contributed by atoms with Crippen LogP contribution in [0.15, 0.2) is 0 Å². The summed E-state index contributed by atoms with van der Waals surface area (Å²) in [5.74, 6) is 0.344. The summed E-state index contributed by atoms with van der Waals surface area (Å²) in [5.41, 5.74) is 0. The Kier molecular flexibility index (Phi) is 6.16. The highest BCUT2D eigenvalue weighted by Gasteiger charge is 2.22. The van der Waals surface area contributed by atoms with Gasteiger partial charge in [0, 0.05) is 19.4 Å². The van der Waals surface area contributed by atoms with E-state index in [-0.39, 0.29) is 18.2 Å². The summed E-state index contributed by atoms with van der Waals surface area (Å²) >= 11 is 0. The highest BCUT2D eigenvalue weighted by molar-refractivity contribution is 5.77. The topological polar surface area (TPSA) is 66.4 Å². The standard InChI is InChI=1S/C14H25NO3/c1-10(8-14(17)18)7-13(16)15-9-12-6-4-3-5-11(12)2/h10-12H,3-9H2,1-2H3,(H,15,16)(H,17,18). The van der Waals surface area contributed by atoms with Crippen molar-refractivity contribution in [1.29, 1.82) is 0 Å². The number of aliphatic carboxylic acids is 1. The second-order valence-electron chi connectivity index (χ2n) is 5.73. The Labute approximate surface area is 109 Å². The molecule has 0 bridgehead atoms. The molecule has 0 aromatic heterocycles. The van der Waals surface area contributed by atoms with Gasteiger partial charge in [0.1, 0.15) is 0 Å². The molecular weight excluding hydrogens is 230 g/mol. The lowest BCUT2D eigenvalue weighted by atomic mass is 9.80. The average molecular weight is 255 g/mol. The predicted octanol–water partition coefficient (Wildman–Crippen LogP) is 2.43. The van der Waals surface area contributed by atoms with Gasteiger partial charge >= 0.3 is 5.97 Å². The molecule has 0 saturated heterocycles. The van der Waals surface area contributed by atoms with Gasteiger partial charge in [-0.1, -0.05) is 33.1 Å². The Hall–Kier alpha value is -1.06. The molecular formula is C14H25NO3. The Morgan fingerprint density at radius 2 is 1.94 bits per heavy atom. The van der Waals surface area contributed by atoms with Crippen LogP contribution in [0, 0.1) is 17.8 Å². The normalized spacial score (nSPS) is 25.4. The summed E-state index contributed by atoms with van der Waals surface area (Å²) < 4.78 is 0. The SMILES string of the molecule is CC(CC(=O)O)CC(=O)NCC1CCCCC1C. The number of amides is 1. The molecule has 3 unspecified atom stereocenters. The van der Waals surface area contributed by atoms with Crippen LogP contribution >= 0.6 is 0 Å². The lowest BCUT2D eigenvalue weighted by Crippen LogP contribution is -2.34. The van der Waals surface area contributed by atoms with Gasteiger partial charge in [-0.25, -0.2) is 0 Å². The molecule has 0 aliphatic heterocycles. The van der Waals surface area contributed by atoms with E-state index in [1.807, 2.05) is 0 Å². The average Bonchev–Trinajstić information content (AvgIpc) is 2.26. The van der Waals surface area contributed by atoms with E-state index in [0.29, 0.717) is 18.3 Å². The molecule has 0 heterocycles. The molecule has 1 fully saturated rings. The van der Waals surface area contributed by atoms with Gasteiger partial charge in [-0.2, -0.15) is 0 Å². The lowest BCUT2D eigenvalue weighted by Gasteiger charge is -2.28. The highest BCUT2D eigenvalue weighted by atomic mass is 16.4. The van der Waals surface area contributed by atoms with Crippen LogP contribution in [0.3, 0.4) is 0 Å². The van der Waals surface area contributed by atoms with Gasteiger partial charge in [0.25, 0.3) is 0 Å². The van der Waals surface area contributed by atoms with E-state index in [2.05, 4.69) is 12.2 Å². The Morgan fingerprint density at radius 3 is 2.56 bits per heavy atom. The smallest absolute Gasteiger partial charge is 0.303 e. The molecule has 1 saturated carbocycles. The molecule has 2 N–H and O–H groups in total. The fourth-order valence-electron chi connectivity index (χ4n) is 2.70. The maximum absolute atomic E-state index is 11.7. The molecule has 0 radical (unpaired) electrons. The van der Waals surface area contributed by atoms with Crippen molar-refractivity contribution in [3.05, 3.63) is 0 Å². The molecule has 104 valence electrons. The second-order valence-corrected chi connectivity index (χ2v) is 5.73. The van der Waals surface area contributed by atoms with Crippen molar-refractivity contribution in [2.75, 3.05) is 6.54 Å². The third kappa shape index (κ3) is 5.52. The van der Waals surface area contributed by atoms with Crippen LogP contribution in [0.1, 0.15) is 52.4 Å². The van der Waals surface area contributed by atoms with E-state index in [1.165, 1.54) is 25.7 Å². The quantitative estimate of drug-likeness (QED) is 0.766. The molecule has 3 atom stereocenters. The second kappa shape index (κ2) is 7.39. The van der Waals surface area contributed by atoms with E-state index in [0.717, 1.165) is 6.54 Å². The third-order valence-electron chi connectivity index (χ3n) is 3.91. The Balaban J connectivity index is 2.21. The van der Waals surface area contributed by atoms with Gasteiger partial charge in [-0.3, -0.25) is 9.59 Å². The predicted molar refractivity (Wildman–Crippen MR) is 70.2 cm³/mol. The number of carbonyl (C=O) groups is 2. The largest absolute Gasteiger partial charge is 0.481 e. The minimum Gasteiger partial charge on any atom is -0.481 e. The van der Waals surface area contributed by atoms with E-state index < -0.39 is 5.97 Å². The molecule has 4 nitrogen and oxygen atoms in total. The van der Waals surface area contributed by atoms with Crippen molar-refractivity contribution in [3.63, 3.8) is 0 Å². The van der Waals surface area contributed by atoms with E-state index in [1.54, 1.807) is 6.92 Å². The summed E-state index contributed by atoms with van der Waals surface area (Å²) in [4.78, 5) is 22.2. The Morgan fingerprint density at radius 1 is 1.28 bits per heavy atom. The fourth-order valence-corrected chi connectivity index (χ4v) is 2.70. The zero-order valence-electron chi connectivity index (χ0n) is 11.4. The van der Waals surface area contributed by atoms with Crippen LogP contribution in [0.25, 0.3) is 0 Å². The maximum atomic E-state index is 11.7. The van der Waals surface area contributed by atoms with Gasteiger partial charge in [0.2, 0.25) is 5.91 Å². The number of hydrogen-bond donors (Lipinski definition) is 2. The summed E-state index contributed by atoms with van der Waals surface area (Å²) in [6.45, 7) is 4.81. The monoisotopic (exact) mass is 255 g/mol. The molecule has 1 rings (SSSR count). The third-order valence-corrected chi connectivity index (χ3v) is 3.91. The summed E-state index contributed by atoms with van der Waals surface area (Å²) in [6, 6.07) is 0. The van der Waals surface area contributed by atoms with Crippen molar-refractivity contribution in [2.24, 2.45) is 17.8 Å². The number of nitrogens with one attached hydrogen (secondary N) is 1. The first kappa shape index (κ1) is 15.0. The molecule has 0 aromatic rings. The van der Waals surface area contributed by atoms with Crippen LogP contribution in [-0.2, 0) is 9.59 Å². The first-order valence-corrected chi connectivity index (χ1v) is 6.97. The summed E-state index contributed by atoms with van der Waals surface area (Å²) in [6.07, 6.45) is 5.41. The van der Waals surface area contributed by atoms with Crippen molar-refractivity contribution in [3.8, 4) is 0 Å². The molecule has 1 amide bonds. The zero-order chi connectivity index (χ0) is 13.5. The molecule has 0 spiro atoms. The van der Waals surface area contributed by atoms with Gasteiger partial charge in [0.05, 0.1) is 0 Å². The molecule has 18 heavy (non-hydrogen) atoms. The fraction of sp³-hybridized carbons (Fsp3) is 0.857. The van der Waals surface area contributed by atoms with Crippen LogP contribution in [0.5, 0.6) is 0 Å². The van der Waals surface area contributed by atoms with Crippen LogP contribution in [0.4, 0.5) is 0 Å². The molecule has 0 aromatic carbocycles. The van der Waals surface area contributed by atoms with E-state index in [4.69, 9.17) is 5.11 Å². The molecule has 1 aliphatic carbocycles. The number of carboxylic acids is 1. The van der Waals surface area contributed by atoms with Gasteiger partial charge in [-0.05, 0) is 24.2 Å². The van der Waals surface area contributed by atoms with Gasteiger partial charge in [0.15, 0.2) is 0 Å². The zero-order valence-corrected chi connectivity index (χ0v) is 11.4. The van der Waals surface area contributed by atoms with Crippen LogP contribution < -0.4 is 5.32 Å². The van der Waals surface area contributed by atoms with Crippen molar-refractivity contribution >= 4 is 11.9 Å². The van der Waals surface area contributed by atoms with Gasteiger partial charge < -0.3 is 10.4 Å². The van der Waals surface area contributed by atoms with Gasteiger partial charge in [-0.15, -0.1) is 0 Å². The minimum absolute atomic E-state index is 0.0125. The minimum atomic E-state index is -0.837. The number of carboxylic acid groups (broad SMARTS) is 1. The molecule has 4 heteroatoms. The van der Waals surface area contributed by atoms with E-state index in [9.17, 15) is 9.59 Å². The summed E-state index contributed by atoms with van der Waals surface area (Å²) in [5, 5.41) is 11.6. The first-order valence-electron chi connectivity index (χ1n) is 6.97. The summed E-state index contributed by atoms with van der Waals surface area (Å²) in [7, 11) is 0. The van der Waals surface area contributed by atoms with E-state index >= 15 is 0 Å². The molecule has 1 aliphatic rings. The number of hydrogen-bond acceptors (Lipinski definition) is 2. The first-order chi connectivity index (χ1) is 8.49. The Bertz CT molecular complexity index is 291.